The van der Waals surface area contributed by atoms with Crippen molar-refractivity contribution in [3.63, 3.8) is 0 Å². The molecule has 4 aromatic carbocycles. The van der Waals surface area contributed by atoms with Gasteiger partial charge in [-0.05, 0) is 52.2 Å². The number of fused-ring (bicyclic) bond motifs is 7. The van der Waals surface area contributed by atoms with Crippen molar-refractivity contribution in [1.82, 2.24) is 19.5 Å². The zero-order valence-corrected chi connectivity index (χ0v) is 21.2. The van der Waals surface area contributed by atoms with Crippen LogP contribution in [0.1, 0.15) is 25.1 Å². The average molecular weight is 489 g/mol. The quantitative estimate of drug-likeness (QED) is 0.247. The number of rotatable bonds is 2. The Kier molecular flexibility index (Phi) is 4.25. The standard InChI is InChI=1S/C34H24N4/c1-34(2)27-13-7-5-12-25(27)30-31(21-15-17-35-18-16-21)36-33(37-32(30)34)38-28-14-8-6-11-24(28)26-19-22-9-3-4-10-23(22)20-29(26)38/h3-20H,1-2H3. The summed E-state index contributed by atoms with van der Waals surface area (Å²) in [5, 5.41) is 4.83. The highest BCUT2D eigenvalue weighted by molar-refractivity contribution is 6.13. The van der Waals surface area contributed by atoms with E-state index in [2.05, 4.69) is 108 Å². The first-order valence-corrected chi connectivity index (χ1v) is 13.0. The monoisotopic (exact) mass is 488 g/mol. The van der Waals surface area contributed by atoms with E-state index >= 15 is 0 Å². The Hall–Kier alpha value is -4.83. The molecule has 0 spiro atoms. The number of aromatic nitrogens is 4. The Balaban J connectivity index is 1.52. The topological polar surface area (TPSA) is 43.6 Å². The molecule has 0 bridgehead atoms. The molecule has 180 valence electrons. The molecule has 1 aliphatic rings. The maximum absolute atomic E-state index is 5.37. The van der Waals surface area contributed by atoms with Gasteiger partial charge < -0.3 is 0 Å². The summed E-state index contributed by atoms with van der Waals surface area (Å²) in [5.41, 5.74) is 8.61. The van der Waals surface area contributed by atoms with E-state index in [1.165, 1.54) is 32.7 Å². The third-order valence-electron chi connectivity index (χ3n) is 8.05. The summed E-state index contributed by atoms with van der Waals surface area (Å²) in [6.45, 7) is 4.54. The fraction of sp³-hybridized carbons (Fsp3) is 0.0882. The smallest absolute Gasteiger partial charge is 0.235 e. The van der Waals surface area contributed by atoms with Crippen LogP contribution in [0.3, 0.4) is 0 Å². The van der Waals surface area contributed by atoms with Crippen molar-refractivity contribution in [2.24, 2.45) is 0 Å². The Morgan fingerprint density at radius 2 is 1.37 bits per heavy atom. The highest BCUT2D eigenvalue weighted by Crippen LogP contribution is 2.51. The van der Waals surface area contributed by atoms with Gasteiger partial charge in [0, 0.05) is 39.7 Å². The largest absolute Gasteiger partial charge is 0.278 e. The van der Waals surface area contributed by atoms with Crippen LogP contribution in [0.15, 0.2) is 109 Å². The third-order valence-corrected chi connectivity index (χ3v) is 8.05. The zero-order chi connectivity index (χ0) is 25.4. The number of hydrogen-bond acceptors (Lipinski definition) is 3. The van der Waals surface area contributed by atoms with Crippen molar-refractivity contribution in [1.29, 1.82) is 0 Å². The summed E-state index contributed by atoms with van der Waals surface area (Å²) in [4.78, 5) is 15.0. The summed E-state index contributed by atoms with van der Waals surface area (Å²) in [6, 6.07) is 34.4. The Labute approximate surface area is 220 Å². The van der Waals surface area contributed by atoms with Crippen LogP contribution in [0.2, 0.25) is 0 Å². The molecule has 7 aromatic rings. The van der Waals surface area contributed by atoms with Gasteiger partial charge in [0.05, 0.1) is 22.4 Å². The number of nitrogens with zero attached hydrogens (tertiary/aromatic N) is 4. The van der Waals surface area contributed by atoms with E-state index in [1.54, 1.807) is 0 Å². The van der Waals surface area contributed by atoms with Crippen LogP contribution in [0.25, 0.3) is 60.9 Å². The lowest BCUT2D eigenvalue weighted by Crippen LogP contribution is -2.18. The minimum Gasteiger partial charge on any atom is -0.278 e. The minimum atomic E-state index is -0.253. The second-order valence-corrected chi connectivity index (χ2v) is 10.6. The summed E-state index contributed by atoms with van der Waals surface area (Å²) in [7, 11) is 0. The lowest BCUT2D eigenvalue weighted by atomic mass is 9.85. The van der Waals surface area contributed by atoms with Crippen molar-refractivity contribution in [3.8, 4) is 28.3 Å². The average Bonchev–Trinajstić information content (AvgIpc) is 3.40. The number of hydrogen-bond donors (Lipinski definition) is 0. The number of pyridine rings is 1. The molecule has 8 rings (SSSR count). The summed E-state index contributed by atoms with van der Waals surface area (Å²) >= 11 is 0. The molecule has 0 atom stereocenters. The summed E-state index contributed by atoms with van der Waals surface area (Å²) in [5.74, 6) is 0.693. The second kappa shape index (κ2) is 7.59. The molecular formula is C34H24N4. The van der Waals surface area contributed by atoms with E-state index in [1.807, 2.05) is 24.5 Å². The first-order valence-electron chi connectivity index (χ1n) is 13.0. The van der Waals surface area contributed by atoms with Crippen LogP contribution >= 0.6 is 0 Å². The molecule has 0 saturated carbocycles. The molecule has 0 saturated heterocycles. The SMILES string of the molecule is CC1(C)c2ccccc2-c2c(-c3ccncc3)nc(-n3c4ccccc4c4cc5ccccc5cc43)nc21. The Morgan fingerprint density at radius 1 is 0.658 bits per heavy atom. The van der Waals surface area contributed by atoms with E-state index in [4.69, 9.17) is 9.97 Å². The van der Waals surface area contributed by atoms with Crippen molar-refractivity contribution in [3.05, 3.63) is 121 Å². The molecular weight excluding hydrogens is 464 g/mol. The molecule has 0 radical (unpaired) electrons. The van der Waals surface area contributed by atoms with Crippen LogP contribution in [0.4, 0.5) is 0 Å². The van der Waals surface area contributed by atoms with Gasteiger partial charge >= 0.3 is 0 Å². The molecule has 0 unspecified atom stereocenters. The lowest BCUT2D eigenvalue weighted by molar-refractivity contribution is 0.632. The lowest BCUT2D eigenvalue weighted by Gasteiger charge is -2.21. The highest BCUT2D eigenvalue weighted by Gasteiger charge is 2.39. The maximum atomic E-state index is 5.37. The summed E-state index contributed by atoms with van der Waals surface area (Å²) < 4.78 is 2.24. The molecule has 0 N–H and O–H groups in total. The van der Waals surface area contributed by atoms with E-state index < -0.39 is 0 Å². The molecule has 3 aromatic heterocycles. The molecule has 0 fully saturated rings. The predicted molar refractivity (Wildman–Crippen MR) is 155 cm³/mol. The van der Waals surface area contributed by atoms with Gasteiger partial charge in [0.25, 0.3) is 0 Å². The minimum absolute atomic E-state index is 0.253. The molecule has 3 heterocycles. The molecule has 38 heavy (non-hydrogen) atoms. The normalized spacial score (nSPS) is 13.7. The summed E-state index contributed by atoms with van der Waals surface area (Å²) in [6.07, 6.45) is 3.67. The zero-order valence-electron chi connectivity index (χ0n) is 21.2. The highest BCUT2D eigenvalue weighted by atomic mass is 15.2. The first kappa shape index (κ1) is 21.3. The van der Waals surface area contributed by atoms with E-state index in [9.17, 15) is 0 Å². The molecule has 4 heteroatoms. The van der Waals surface area contributed by atoms with Crippen LogP contribution in [-0.2, 0) is 5.41 Å². The van der Waals surface area contributed by atoms with Gasteiger partial charge in [-0.2, -0.15) is 0 Å². The Bertz CT molecular complexity index is 2050. The van der Waals surface area contributed by atoms with Gasteiger partial charge in [-0.25, -0.2) is 9.97 Å². The number of para-hydroxylation sites is 1. The number of benzene rings is 4. The second-order valence-electron chi connectivity index (χ2n) is 10.6. The molecule has 4 nitrogen and oxygen atoms in total. The Morgan fingerprint density at radius 3 is 2.21 bits per heavy atom. The molecule has 1 aliphatic carbocycles. The molecule has 0 aliphatic heterocycles. The van der Waals surface area contributed by atoms with Crippen molar-refractivity contribution in [2.75, 3.05) is 0 Å². The van der Waals surface area contributed by atoms with Gasteiger partial charge in [0.15, 0.2) is 0 Å². The van der Waals surface area contributed by atoms with Crippen LogP contribution in [0.5, 0.6) is 0 Å². The van der Waals surface area contributed by atoms with Crippen LogP contribution < -0.4 is 0 Å². The third kappa shape index (κ3) is 2.83. The van der Waals surface area contributed by atoms with Crippen molar-refractivity contribution in [2.45, 2.75) is 19.3 Å². The van der Waals surface area contributed by atoms with Gasteiger partial charge in [0.2, 0.25) is 5.95 Å². The van der Waals surface area contributed by atoms with Crippen LogP contribution in [0, 0.1) is 0 Å². The van der Waals surface area contributed by atoms with Gasteiger partial charge in [-0.3, -0.25) is 9.55 Å². The molecule has 0 amide bonds. The van der Waals surface area contributed by atoms with E-state index in [0.29, 0.717) is 5.95 Å². The van der Waals surface area contributed by atoms with Gasteiger partial charge in [0.1, 0.15) is 0 Å². The van der Waals surface area contributed by atoms with Gasteiger partial charge in [-0.15, -0.1) is 0 Å². The van der Waals surface area contributed by atoms with E-state index in [-0.39, 0.29) is 5.41 Å². The van der Waals surface area contributed by atoms with Crippen molar-refractivity contribution >= 4 is 32.6 Å². The fourth-order valence-corrected chi connectivity index (χ4v) is 6.22. The first-order chi connectivity index (χ1) is 18.6. The predicted octanol–water partition coefficient (Wildman–Crippen LogP) is 8.10. The van der Waals surface area contributed by atoms with Crippen molar-refractivity contribution < 1.29 is 0 Å². The van der Waals surface area contributed by atoms with Crippen LogP contribution in [-0.4, -0.2) is 19.5 Å². The van der Waals surface area contributed by atoms with Gasteiger partial charge in [-0.1, -0.05) is 80.6 Å². The maximum Gasteiger partial charge on any atom is 0.235 e. The van der Waals surface area contributed by atoms with E-state index in [0.717, 1.165) is 33.5 Å². The fourth-order valence-electron chi connectivity index (χ4n) is 6.22.